The van der Waals surface area contributed by atoms with Gasteiger partial charge < -0.3 is 4.55 Å². The molecule has 12 heavy (non-hydrogen) atoms. The second-order valence-corrected chi connectivity index (χ2v) is 2.72. The molecule has 0 N–H and O–H groups in total. The molecule has 0 aromatic heterocycles. The summed E-state index contributed by atoms with van der Waals surface area (Å²) in [6.45, 7) is 0. The van der Waals surface area contributed by atoms with Crippen LogP contribution in [0.25, 0.3) is 0 Å². The molecule has 0 fully saturated rings. The molecule has 6 heteroatoms. The fourth-order valence-electron chi connectivity index (χ4n) is 0.605. The van der Waals surface area contributed by atoms with Gasteiger partial charge >= 0.3 is 29.6 Å². The Morgan fingerprint density at radius 2 is 1.92 bits per heavy atom. The number of halogens is 2. The molecular weight excluding hydrogens is 197 g/mol. The molecule has 0 aliphatic heterocycles. The Labute approximate surface area is 92.6 Å². The van der Waals surface area contributed by atoms with Gasteiger partial charge in [0.05, 0.1) is 4.90 Å². The van der Waals surface area contributed by atoms with Crippen LogP contribution in [0.4, 0.5) is 8.78 Å². The first kappa shape index (κ1) is 12.2. The van der Waals surface area contributed by atoms with E-state index in [9.17, 15) is 17.5 Å². The van der Waals surface area contributed by atoms with Crippen LogP contribution in [0.1, 0.15) is 0 Å². The van der Waals surface area contributed by atoms with Gasteiger partial charge in [-0.25, -0.2) is 8.78 Å². The van der Waals surface area contributed by atoms with Gasteiger partial charge in [0.2, 0.25) is 0 Å². The summed E-state index contributed by atoms with van der Waals surface area (Å²) >= 11 is -2.72. The van der Waals surface area contributed by atoms with E-state index in [0.29, 0.717) is 6.07 Å². The summed E-state index contributed by atoms with van der Waals surface area (Å²) in [5.41, 5.74) is 0. The van der Waals surface area contributed by atoms with E-state index < -0.39 is 27.6 Å². The number of benzene rings is 1. The fraction of sp³-hybridized carbons (Fsp3) is 0. The molecule has 0 saturated carbocycles. The average molecular weight is 200 g/mol. The first-order valence-electron chi connectivity index (χ1n) is 2.65. The predicted molar refractivity (Wildman–Crippen MR) is 33.5 cm³/mol. The van der Waals surface area contributed by atoms with Gasteiger partial charge in [0.25, 0.3) is 0 Å². The van der Waals surface area contributed by atoms with Gasteiger partial charge in [0.1, 0.15) is 11.6 Å². The number of hydrogen-bond acceptors (Lipinski definition) is 2. The Balaban J connectivity index is 0.00000121. The van der Waals surface area contributed by atoms with Crippen molar-refractivity contribution in [1.82, 2.24) is 0 Å². The zero-order chi connectivity index (χ0) is 8.43. The van der Waals surface area contributed by atoms with Gasteiger partial charge in [-0.1, -0.05) is 0 Å². The third-order valence-electron chi connectivity index (χ3n) is 1.07. The molecule has 0 radical (unpaired) electrons. The van der Waals surface area contributed by atoms with Crippen LogP contribution in [-0.4, -0.2) is 8.76 Å². The van der Waals surface area contributed by atoms with E-state index in [1.54, 1.807) is 0 Å². The van der Waals surface area contributed by atoms with Crippen LogP contribution in [-0.2, 0) is 11.1 Å². The normalized spacial score (nSPS) is 11.9. The summed E-state index contributed by atoms with van der Waals surface area (Å²) in [4.78, 5) is -0.648. The van der Waals surface area contributed by atoms with Crippen LogP contribution < -0.4 is 29.6 Å². The van der Waals surface area contributed by atoms with Gasteiger partial charge in [-0.05, 0) is 29.3 Å². The first-order valence-corrected chi connectivity index (χ1v) is 3.73. The van der Waals surface area contributed by atoms with Gasteiger partial charge in [-0.15, -0.1) is 0 Å². The smallest absolute Gasteiger partial charge is 0.768 e. The monoisotopic (exact) mass is 200 g/mol. The van der Waals surface area contributed by atoms with Crippen molar-refractivity contribution >= 4 is 11.1 Å². The van der Waals surface area contributed by atoms with E-state index in [0.717, 1.165) is 12.1 Å². The minimum atomic E-state index is -2.72. The molecule has 0 amide bonds. The third kappa shape index (κ3) is 2.91. The molecular formula is C6H3F2NaO2S. The van der Waals surface area contributed by atoms with E-state index in [4.69, 9.17) is 0 Å². The summed E-state index contributed by atoms with van der Waals surface area (Å²) < 4.78 is 45.1. The van der Waals surface area contributed by atoms with Crippen molar-refractivity contribution in [2.45, 2.75) is 4.90 Å². The summed E-state index contributed by atoms with van der Waals surface area (Å²) in [6.07, 6.45) is 0. The molecule has 1 aromatic rings. The fourth-order valence-corrected chi connectivity index (χ4v) is 1.04. The van der Waals surface area contributed by atoms with Crippen molar-refractivity contribution < 1.29 is 47.1 Å². The molecule has 1 rings (SSSR count). The standard InChI is InChI=1S/C6H4F2O2S.Na/c7-4-1-2-5(8)6(3-4)11(9)10;/h1-3H,(H,9,10);/q;+1/p-1. The molecule has 2 nitrogen and oxygen atoms in total. The Kier molecular flexibility index (Phi) is 5.12. The SMILES string of the molecule is O=S([O-])c1cc(F)ccc1F.[Na+]. The average Bonchev–Trinajstić information content (AvgIpc) is 1.94. The van der Waals surface area contributed by atoms with Crippen LogP contribution >= 0.6 is 0 Å². The molecule has 0 aliphatic rings. The zero-order valence-electron chi connectivity index (χ0n) is 6.21. The van der Waals surface area contributed by atoms with E-state index in [1.807, 2.05) is 0 Å². The Bertz CT molecular complexity index is 306. The van der Waals surface area contributed by atoms with Crippen LogP contribution in [0.5, 0.6) is 0 Å². The van der Waals surface area contributed by atoms with E-state index >= 15 is 0 Å². The zero-order valence-corrected chi connectivity index (χ0v) is 9.03. The van der Waals surface area contributed by atoms with Gasteiger partial charge in [0.15, 0.2) is 0 Å². The molecule has 60 valence electrons. The van der Waals surface area contributed by atoms with Gasteiger partial charge in [-0.3, -0.25) is 4.21 Å². The number of rotatable bonds is 1. The molecule has 0 saturated heterocycles. The Morgan fingerprint density at radius 1 is 1.33 bits per heavy atom. The molecule has 0 heterocycles. The van der Waals surface area contributed by atoms with Crippen molar-refractivity contribution in [3.05, 3.63) is 29.8 Å². The largest absolute Gasteiger partial charge is 1.00 e. The van der Waals surface area contributed by atoms with Gasteiger partial charge in [-0.2, -0.15) is 0 Å². The summed E-state index contributed by atoms with van der Waals surface area (Å²) in [5, 5.41) is 0. The summed E-state index contributed by atoms with van der Waals surface area (Å²) in [5.74, 6) is -1.72. The van der Waals surface area contributed by atoms with Crippen molar-refractivity contribution in [1.29, 1.82) is 0 Å². The van der Waals surface area contributed by atoms with Crippen LogP contribution in [0, 0.1) is 11.6 Å². The predicted octanol–water partition coefficient (Wildman–Crippen LogP) is -1.79. The maximum Gasteiger partial charge on any atom is 1.00 e. The maximum atomic E-state index is 12.5. The summed E-state index contributed by atoms with van der Waals surface area (Å²) in [7, 11) is 0. The second-order valence-electron chi connectivity index (χ2n) is 1.81. The topological polar surface area (TPSA) is 40.1 Å². The van der Waals surface area contributed by atoms with Crippen LogP contribution in [0.15, 0.2) is 23.1 Å². The third-order valence-corrected chi connectivity index (χ3v) is 1.74. The quantitative estimate of drug-likeness (QED) is 0.396. The van der Waals surface area contributed by atoms with Crippen molar-refractivity contribution in [3.8, 4) is 0 Å². The molecule has 0 aliphatic carbocycles. The van der Waals surface area contributed by atoms with E-state index in [-0.39, 0.29) is 29.6 Å². The second kappa shape index (κ2) is 5.04. The molecule has 0 bridgehead atoms. The summed E-state index contributed by atoms with van der Waals surface area (Å²) in [6, 6.07) is 2.24. The van der Waals surface area contributed by atoms with Crippen molar-refractivity contribution in [2.75, 3.05) is 0 Å². The Hall–Kier alpha value is 0.190. The molecule has 0 spiro atoms. The minimum Gasteiger partial charge on any atom is -0.768 e. The van der Waals surface area contributed by atoms with Crippen molar-refractivity contribution in [2.24, 2.45) is 0 Å². The van der Waals surface area contributed by atoms with E-state index in [2.05, 4.69) is 0 Å². The molecule has 1 atom stereocenters. The maximum absolute atomic E-state index is 12.5. The Morgan fingerprint density at radius 3 is 2.33 bits per heavy atom. The van der Waals surface area contributed by atoms with E-state index in [1.165, 1.54) is 0 Å². The van der Waals surface area contributed by atoms with Gasteiger partial charge in [0, 0.05) is 0 Å². The van der Waals surface area contributed by atoms with Crippen molar-refractivity contribution in [3.63, 3.8) is 0 Å². The van der Waals surface area contributed by atoms with Crippen LogP contribution in [0.2, 0.25) is 0 Å². The molecule has 1 unspecified atom stereocenters. The number of hydrogen-bond donors (Lipinski definition) is 0. The van der Waals surface area contributed by atoms with Crippen LogP contribution in [0.3, 0.4) is 0 Å². The first-order chi connectivity index (χ1) is 5.11. The minimum absolute atomic E-state index is 0. The molecule has 1 aromatic carbocycles.